The van der Waals surface area contributed by atoms with E-state index in [9.17, 15) is 13.2 Å². The molecule has 0 radical (unpaired) electrons. The SMILES string of the molecule is CCC(CC[C@H]1COC(N)=N1)c1ccc(F)c(F)c1F. The summed E-state index contributed by atoms with van der Waals surface area (Å²) >= 11 is 0. The highest BCUT2D eigenvalue weighted by Gasteiger charge is 2.22. The Labute approximate surface area is 115 Å². The first kappa shape index (κ1) is 14.7. The van der Waals surface area contributed by atoms with Crippen molar-refractivity contribution in [3.05, 3.63) is 35.1 Å². The number of benzene rings is 1. The predicted octanol–water partition coefficient (Wildman–Crippen LogP) is 3.09. The maximum Gasteiger partial charge on any atom is 0.282 e. The molecule has 1 aromatic carbocycles. The van der Waals surface area contributed by atoms with Crippen molar-refractivity contribution in [2.24, 2.45) is 10.7 Å². The van der Waals surface area contributed by atoms with E-state index < -0.39 is 17.5 Å². The third kappa shape index (κ3) is 3.05. The molecule has 0 aliphatic carbocycles. The molecule has 1 aliphatic rings. The number of halogens is 3. The summed E-state index contributed by atoms with van der Waals surface area (Å²) in [4.78, 5) is 4.09. The largest absolute Gasteiger partial charge is 0.463 e. The molecule has 3 nitrogen and oxygen atoms in total. The lowest BCUT2D eigenvalue weighted by molar-refractivity contribution is 0.302. The minimum absolute atomic E-state index is 0.0441. The predicted molar refractivity (Wildman–Crippen MR) is 69.9 cm³/mol. The highest BCUT2D eigenvalue weighted by atomic mass is 19.2. The van der Waals surface area contributed by atoms with Gasteiger partial charge in [-0.3, -0.25) is 0 Å². The van der Waals surface area contributed by atoms with Gasteiger partial charge in [0.1, 0.15) is 6.61 Å². The highest BCUT2D eigenvalue weighted by Crippen LogP contribution is 2.30. The van der Waals surface area contributed by atoms with Gasteiger partial charge in [0.2, 0.25) is 0 Å². The van der Waals surface area contributed by atoms with Crippen LogP contribution in [-0.4, -0.2) is 18.7 Å². The van der Waals surface area contributed by atoms with Crippen molar-refractivity contribution in [2.75, 3.05) is 6.61 Å². The third-order valence-electron chi connectivity index (χ3n) is 3.58. The van der Waals surface area contributed by atoms with Gasteiger partial charge in [-0.15, -0.1) is 0 Å². The zero-order valence-corrected chi connectivity index (χ0v) is 11.2. The molecular weight excluding hydrogens is 269 g/mol. The number of amidine groups is 1. The van der Waals surface area contributed by atoms with Crippen LogP contribution in [0.5, 0.6) is 0 Å². The van der Waals surface area contributed by atoms with Gasteiger partial charge in [0.15, 0.2) is 17.5 Å². The van der Waals surface area contributed by atoms with Crippen LogP contribution in [0.3, 0.4) is 0 Å². The molecule has 1 heterocycles. The normalized spacial score (nSPS) is 19.6. The minimum Gasteiger partial charge on any atom is -0.463 e. The Morgan fingerprint density at radius 2 is 2.10 bits per heavy atom. The Balaban J connectivity index is 2.07. The maximum absolute atomic E-state index is 13.8. The Morgan fingerprint density at radius 3 is 2.70 bits per heavy atom. The van der Waals surface area contributed by atoms with Gasteiger partial charge >= 0.3 is 0 Å². The summed E-state index contributed by atoms with van der Waals surface area (Å²) in [6.45, 7) is 2.30. The van der Waals surface area contributed by atoms with Gasteiger partial charge in [-0.05, 0) is 36.8 Å². The molecular formula is C14H17F3N2O. The maximum atomic E-state index is 13.8. The second-order valence-corrected chi connectivity index (χ2v) is 4.88. The first-order chi connectivity index (χ1) is 9.52. The molecule has 1 aromatic rings. The molecule has 2 N–H and O–H groups in total. The van der Waals surface area contributed by atoms with Crippen molar-refractivity contribution in [1.82, 2.24) is 0 Å². The van der Waals surface area contributed by atoms with Gasteiger partial charge in [0, 0.05) is 0 Å². The number of nitrogens with zero attached hydrogens (tertiary/aromatic N) is 1. The average molecular weight is 286 g/mol. The van der Waals surface area contributed by atoms with Crippen LogP contribution < -0.4 is 5.73 Å². The summed E-state index contributed by atoms with van der Waals surface area (Å²) in [5.41, 5.74) is 5.62. The Hall–Kier alpha value is -1.72. The van der Waals surface area contributed by atoms with E-state index >= 15 is 0 Å². The molecule has 0 bridgehead atoms. The smallest absolute Gasteiger partial charge is 0.282 e. The lowest BCUT2D eigenvalue weighted by Gasteiger charge is -2.17. The summed E-state index contributed by atoms with van der Waals surface area (Å²) < 4.78 is 45.0. The van der Waals surface area contributed by atoms with Gasteiger partial charge in [0.25, 0.3) is 6.02 Å². The molecule has 0 aromatic heterocycles. The lowest BCUT2D eigenvalue weighted by atomic mass is 9.90. The van der Waals surface area contributed by atoms with Crippen molar-refractivity contribution in [3.8, 4) is 0 Å². The van der Waals surface area contributed by atoms with Crippen molar-refractivity contribution >= 4 is 6.02 Å². The van der Waals surface area contributed by atoms with Gasteiger partial charge in [-0.25, -0.2) is 18.2 Å². The average Bonchev–Trinajstić information content (AvgIpc) is 2.84. The second kappa shape index (κ2) is 6.15. The van der Waals surface area contributed by atoms with Gasteiger partial charge in [-0.1, -0.05) is 13.0 Å². The molecule has 20 heavy (non-hydrogen) atoms. The zero-order valence-electron chi connectivity index (χ0n) is 11.2. The van der Waals surface area contributed by atoms with Crippen molar-refractivity contribution in [2.45, 2.75) is 38.1 Å². The van der Waals surface area contributed by atoms with E-state index in [1.807, 2.05) is 6.92 Å². The van der Waals surface area contributed by atoms with Crippen LogP contribution in [0.4, 0.5) is 13.2 Å². The fourth-order valence-electron chi connectivity index (χ4n) is 2.41. The van der Waals surface area contributed by atoms with E-state index in [1.54, 1.807) is 0 Å². The first-order valence-corrected chi connectivity index (χ1v) is 6.62. The van der Waals surface area contributed by atoms with E-state index in [0.29, 0.717) is 25.9 Å². The van der Waals surface area contributed by atoms with Gasteiger partial charge < -0.3 is 10.5 Å². The monoisotopic (exact) mass is 286 g/mol. The summed E-state index contributed by atoms with van der Waals surface area (Å²) in [5, 5.41) is 0. The van der Waals surface area contributed by atoms with Crippen LogP contribution in [0, 0.1) is 17.5 Å². The molecule has 6 heteroatoms. The minimum atomic E-state index is -1.41. The lowest BCUT2D eigenvalue weighted by Crippen LogP contribution is -2.11. The molecule has 0 amide bonds. The Morgan fingerprint density at radius 1 is 1.35 bits per heavy atom. The van der Waals surface area contributed by atoms with Crippen molar-refractivity contribution in [1.29, 1.82) is 0 Å². The summed E-state index contributed by atoms with van der Waals surface area (Å²) in [5.74, 6) is -3.85. The summed E-state index contributed by atoms with van der Waals surface area (Å²) in [6, 6.07) is 2.40. The molecule has 0 saturated heterocycles. The number of aliphatic imine (C=N–C) groups is 1. The van der Waals surface area contributed by atoms with Crippen molar-refractivity contribution in [3.63, 3.8) is 0 Å². The Kier molecular flexibility index (Phi) is 4.52. The van der Waals surface area contributed by atoms with Crippen LogP contribution in [0.2, 0.25) is 0 Å². The Bertz CT molecular complexity index is 519. The fraction of sp³-hybridized carbons (Fsp3) is 0.500. The molecule has 0 saturated carbocycles. The topological polar surface area (TPSA) is 47.6 Å². The number of hydrogen-bond donors (Lipinski definition) is 1. The van der Waals surface area contributed by atoms with E-state index in [2.05, 4.69) is 4.99 Å². The zero-order chi connectivity index (χ0) is 14.7. The van der Waals surface area contributed by atoms with E-state index in [0.717, 1.165) is 6.07 Å². The van der Waals surface area contributed by atoms with Crippen LogP contribution in [0.15, 0.2) is 17.1 Å². The van der Waals surface area contributed by atoms with Crippen molar-refractivity contribution < 1.29 is 17.9 Å². The standard InChI is InChI=1S/C14H17F3N2O/c1-2-8(3-4-9-7-20-14(18)19-9)10-5-6-11(15)13(17)12(10)16/h5-6,8-9H,2-4,7H2,1H3,(H2,18,19)/t8?,9-/m0/s1. The number of rotatable bonds is 5. The van der Waals surface area contributed by atoms with Crippen LogP contribution >= 0.6 is 0 Å². The van der Waals surface area contributed by atoms with Crippen LogP contribution in [0.1, 0.15) is 37.7 Å². The molecule has 110 valence electrons. The van der Waals surface area contributed by atoms with Gasteiger partial charge in [0.05, 0.1) is 6.04 Å². The fourth-order valence-corrected chi connectivity index (χ4v) is 2.41. The quantitative estimate of drug-likeness (QED) is 0.845. The number of hydrogen-bond acceptors (Lipinski definition) is 3. The summed E-state index contributed by atoms with van der Waals surface area (Å²) in [7, 11) is 0. The molecule has 0 fully saturated rings. The third-order valence-corrected chi connectivity index (χ3v) is 3.58. The van der Waals surface area contributed by atoms with E-state index in [4.69, 9.17) is 10.5 Å². The number of nitrogens with two attached hydrogens (primary N) is 1. The number of ether oxygens (including phenoxy) is 1. The highest BCUT2D eigenvalue weighted by molar-refractivity contribution is 5.72. The first-order valence-electron chi connectivity index (χ1n) is 6.62. The van der Waals surface area contributed by atoms with Gasteiger partial charge in [-0.2, -0.15) is 0 Å². The van der Waals surface area contributed by atoms with E-state index in [-0.39, 0.29) is 23.5 Å². The molecule has 1 unspecified atom stereocenters. The summed E-state index contributed by atoms with van der Waals surface area (Å²) in [6.07, 6.45) is 1.91. The van der Waals surface area contributed by atoms with Crippen LogP contribution in [0.25, 0.3) is 0 Å². The van der Waals surface area contributed by atoms with Crippen LogP contribution in [-0.2, 0) is 4.74 Å². The molecule has 2 atom stereocenters. The molecule has 0 spiro atoms. The molecule has 1 aliphatic heterocycles. The molecule has 2 rings (SSSR count). The van der Waals surface area contributed by atoms with E-state index in [1.165, 1.54) is 6.07 Å². The second-order valence-electron chi connectivity index (χ2n) is 4.88.